The molecule has 1 heterocycles. The highest BCUT2D eigenvalue weighted by Gasteiger charge is 2.32. The molecule has 5 nitrogen and oxygen atoms in total. The summed E-state index contributed by atoms with van der Waals surface area (Å²) < 4.78 is 31.8. The van der Waals surface area contributed by atoms with Crippen molar-refractivity contribution in [2.45, 2.75) is 23.8 Å². The summed E-state index contributed by atoms with van der Waals surface area (Å²) in [6, 6.07) is 2.78. The van der Waals surface area contributed by atoms with Gasteiger partial charge in [-0.25, -0.2) is 8.42 Å². The van der Waals surface area contributed by atoms with Crippen LogP contribution in [0.1, 0.15) is 12.8 Å². The van der Waals surface area contributed by atoms with E-state index in [2.05, 4.69) is 0 Å². The molecule has 1 saturated heterocycles. The van der Waals surface area contributed by atoms with Crippen LogP contribution >= 0.6 is 23.2 Å². The van der Waals surface area contributed by atoms with Gasteiger partial charge in [0.1, 0.15) is 4.90 Å². The van der Waals surface area contributed by atoms with Gasteiger partial charge in [-0.05, 0) is 25.0 Å². The van der Waals surface area contributed by atoms with Crippen LogP contribution in [0, 0.1) is 0 Å². The number of nitrogen functional groups attached to an aromatic ring is 1. The molecule has 2 rings (SSSR count). The topological polar surface area (TPSA) is 72.6 Å². The SMILES string of the molecule is COC1CCN(S(=O)(=O)c2c(Cl)cc(N)cc2Cl)CC1. The average Bonchev–Trinajstić information content (AvgIpc) is 2.37. The van der Waals surface area contributed by atoms with Crippen LogP contribution in [0.3, 0.4) is 0 Å². The van der Waals surface area contributed by atoms with Crippen molar-refractivity contribution in [3.8, 4) is 0 Å². The van der Waals surface area contributed by atoms with E-state index in [9.17, 15) is 8.42 Å². The molecule has 0 bridgehead atoms. The number of nitrogens with zero attached hydrogens (tertiary/aromatic N) is 1. The Balaban J connectivity index is 2.32. The van der Waals surface area contributed by atoms with Crippen LogP contribution < -0.4 is 5.73 Å². The van der Waals surface area contributed by atoms with E-state index in [1.165, 1.54) is 16.4 Å². The van der Waals surface area contributed by atoms with Gasteiger partial charge in [0.05, 0.1) is 16.1 Å². The van der Waals surface area contributed by atoms with Crippen molar-refractivity contribution >= 4 is 38.9 Å². The van der Waals surface area contributed by atoms with Crippen LogP contribution in [-0.2, 0) is 14.8 Å². The third kappa shape index (κ3) is 3.04. The van der Waals surface area contributed by atoms with Gasteiger partial charge in [0.15, 0.2) is 0 Å². The Morgan fingerprint density at radius 1 is 1.25 bits per heavy atom. The Labute approximate surface area is 128 Å². The molecule has 0 unspecified atom stereocenters. The van der Waals surface area contributed by atoms with Gasteiger partial charge in [0.25, 0.3) is 0 Å². The van der Waals surface area contributed by atoms with Crippen molar-refractivity contribution in [1.82, 2.24) is 4.31 Å². The molecule has 1 aliphatic heterocycles. The van der Waals surface area contributed by atoms with Crippen LogP contribution in [0.15, 0.2) is 17.0 Å². The fourth-order valence-electron chi connectivity index (χ4n) is 2.26. The fraction of sp³-hybridized carbons (Fsp3) is 0.500. The van der Waals surface area contributed by atoms with Gasteiger partial charge in [0, 0.05) is 25.9 Å². The Morgan fingerprint density at radius 3 is 2.20 bits per heavy atom. The number of anilines is 1. The van der Waals surface area contributed by atoms with Crippen LogP contribution in [0.2, 0.25) is 10.0 Å². The first-order chi connectivity index (χ1) is 9.36. The Hall–Kier alpha value is -0.530. The van der Waals surface area contributed by atoms with E-state index in [0.29, 0.717) is 31.6 Å². The van der Waals surface area contributed by atoms with E-state index in [1.807, 2.05) is 0 Å². The smallest absolute Gasteiger partial charge is 0.246 e. The number of nitrogens with two attached hydrogens (primary N) is 1. The predicted molar refractivity (Wildman–Crippen MR) is 79.7 cm³/mol. The molecule has 0 saturated carbocycles. The number of hydrogen-bond donors (Lipinski definition) is 1. The first-order valence-electron chi connectivity index (χ1n) is 6.13. The Kier molecular flexibility index (Phi) is 4.81. The van der Waals surface area contributed by atoms with Gasteiger partial charge in [-0.3, -0.25) is 0 Å². The summed E-state index contributed by atoms with van der Waals surface area (Å²) in [6.45, 7) is 0.774. The predicted octanol–water partition coefficient (Wildman–Crippen LogP) is 2.38. The molecule has 0 spiro atoms. The molecular formula is C12H16Cl2N2O3S. The fourth-order valence-corrected chi connectivity index (χ4v) is 4.91. The lowest BCUT2D eigenvalue weighted by Gasteiger charge is -2.30. The summed E-state index contributed by atoms with van der Waals surface area (Å²) in [7, 11) is -2.09. The van der Waals surface area contributed by atoms with Gasteiger partial charge in [0.2, 0.25) is 10.0 Å². The second-order valence-electron chi connectivity index (χ2n) is 4.65. The number of ether oxygens (including phenoxy) is 1. The summed E-state index contributed by atoms with van der Waals surface area (Å²) in [4.78, 5) is -0.0779. The van der Waals surface area contributed by atoms with Crippen molar-refractivity contribution in [1.29, 1.82) is 0 Å². The van der Waals surface area contributed by atoms with E-state index < -0.39 is 10.0 Å². The number of halogens is 2. The normalized spacial score (nSPS) is 18.4. The summed E-state index contributed by atoms with van der Waals surface area (Å²) in [6.07, 6.45) is 1.40. The molecule has 1 aromatic rings. The molecule has 8 heteroatoms. The first kappa shape index (κ1) is 15.9. The minimum absolute atomic E-state index is 0.0452. The molecule has 0 aliphatic carbocycles. The molecule has 0 radical (unpaired) electrons. The van der Waals surface area contributed by atoms with Crippen molar-refractivity contribution in [2.24, 2.45) is 0 Å². The summed E-state index contributed by atoms with van der Waals surface area (Å²) in [5.74, 6) is 0. The van der Waals surface area contributed by atoms with E-state index >= 15 is 0 Å². The molecule has 0 amide bonds. The van der Waals surface area contributed by atoms with Crippen LogP contribution in [0.4, 0.5) is 5.69 Å². The zero-order valence-corrected chi connectivity index (χ0v) is 13.3. The van der Waals surface area contributed by atoms with E-state index in [-0.39, 0.29) is 21.0 Å². The van der Waals surface area contributed by atoms with Crippen molar-refractivity contribution in [3.05, 3.63) is 22.2 Å². The number of rotatable bonds is 3. The highest BCUT2D eigenvalue weighted by atomic mass is 35.5. The zero-order chi connectivity index (χ0) is 14.9. The largest absolute Gasteiger partial charge is 0.399 e. The summed E-state index contributed by atoms with van der Waals surface area (Å²) in [5, 5.41) is 0.0905. The summed E-state index contributed by atoms with van der Waals surface area (Å²) >= 11 is 12.0. The third-order valence-electron chi connectivity index (χ3n) is 3.35. The third-order valence-corrected chi connectivity index (χ3v) is 6.17. The van der Waals surface area contributed by atoms with Crippen LogP contribution in [0.25, 0.3) is 0 Å². The van der Waals surface area contributed by atoms with Crippen molar-refractivity contribution in [2.75, 3.05) is 25.9 Å². The second kappa shape index (κ2) is 6.07. The maximum atomic E-state index is 12.6. The number of piperidine rings is 1. The highest BCUT2D eigenvalue weighted by Crippen LogP contribution is 2.34. The molecular weight excluding hydrogens is 323 g/mol. The minimum atomic E-state index is -3.71. The molecule has 1 fully saturated rings. The molecule has 2 N–H and O–H groups in total. The van der Waals surface area contributed by atoms with E-state index in [0.717, 1.165) is 0 Å². The van der Waals surface area contributed by atoms with Crippen molar-refractivity contribution in [3.63, 3.8) is 0 Å². The lowest BCUT2D eigenvalue weighted by Crippen LogP contribution is -2.40. The van der Waals surface area contributed by atoms with Gasteiger partial charge in [-0.1, -0.05) is 23.2 Å². The monoisotopic (exact) mass is 338 g/mol. The molecule has 112 valence electrons. The Bertz CT molecular complexity index is 576. The summed E-state index contributed by atoms with van der Waals surface area (Å²) in [5.41, 5.74) is 5.92. The molecule has 1 aromatic carbocycles. The average molecular weight is 339 g/mol. The molecule has 0 atom stereocenters. The Morgan fingerprint density at radius 2 is 1.75 bits per heavy atom. The molecule has 1 aliphatic rings. The number of sulfonamides is 1. The highest BCUT2D eigenvalue weighted by molar-refractivity contribution is 7.89. The van der Waals surface area contributed by atoms with E-state index in [4.69, 9.17) is 33.7 Å². The van der Waals surface area contributed by atoms with Gasteiger partial charge < -0.3 is 10.5 Å². The molecule has 20 heavy (non-hydrogen) atoms. The first-order valence-corrected chi connectivity index (χ1v) is 8.33. The van der Waals surface area contributed by atoms with Gasteiger partial charge in [-0.2, -0.15) is 4.31 Å². The zero-order valence-electron chi connectivity index (χ0n) is 11.0. The number of methoxy groups -OCH3 is 1. The van der Waals surface area contributed by atoms with Gasteiger partial charge >= 0.3 is 0 Å². The van der Waals surface area contributed by atoms with Crippen molar-refractivity contribution < 1.29 is 13.2 Å². The quantitative estimate of drug-likeness (QED) is 0.858. The lowest BCUT2D eigenvalue weighted by molar-refractivity contribution is 0.0604. The lowest BCUT2D eigenvalue weighted by atomic mass is 10.1. The minimum Gasteiger partial charge on any atom is -0.399 e. The number of hydrogen-bond acceptors (Lipinski definition) is 4. The maximum Gasteiger partial charge on any atom is 0.246 e. The van der Waals surface area contributed by atoms with Crippen LogP contribution in [0.5, 0.6) is 0 Å². The van der Waals surface area contributed by atoms with E-state index in [1.54, 1.807) is 7.11 Å². The van der Waals surface area contributed by atoms with Crippen LogP contribution in [-0.4, -0.2) is 39.0 Å². The standard InChI is InChI=1S/C12H16Cl2N2O3S/c1-19-9-2-4-16(5-3-9)20(17,18)12-10(13)6-8(15)7-11(12)14/h6-7,9H,2-5,15H2,1H3. The number of benzene rings is 1. The second-order valence-corrected chi connectivity index (χ2v) is 7.34. The maximum absolute atomic E-state index is 12.6. The molecule has 0 aromatic heterocycles. The van der Waals surface area contributed by atoms with Gasteiger partial charge in [-0.15, -0.1) is 0 Å².